The normalized spacial score (nSPS) is 34.2. The largest absolute Gasteiger partial charge is 0.356 e. The summed E-state index contributed by atoms with van der Waals surface area (Å²) in [7, 11) is 1.64. The highest BCUT2D eigenvalue weighted by molar-refractivity contribution is 5.73. The van der Waals surface area contributed by atoms with Gasteiger partial charge in [-0.3, -0.25) is 4.79 Å². The summed E-state index contributed by atoms with van der Waals surface area (Å²) in [6.45, 7) is 3.47. The van der Waals surface area contributed by atoms with E-state index in [1.54, 1.807) is 7.11 Å². The molecule has 4 heteroatoms. The van der Waals surface area contributed by atoms with Crippen LogP contribution in [0.1, 0.15) is 26.7 Å². The van der Waals surface area contributed by atoms with Gasteiger partial charge in [-0.05, 0) is 13.3 Å². The van der Waals surface area contributed by atoms with Crippen LogP contribution in [0.4, 0.5) is 0 Å². The molecule has 0 saturated carbocycles. The number of hydrogen-bond donors (Lipinski definition) is 1. The summed E-state index contributed by atoms with van der Waals surface area (Å²) in [6.07, 6.45) is 1.67. The lowest BCUT2D eigenvalue weighted by Gasteiger charge is -2.33. The molecule has 76 valence electrons. The van der Waals surface area contributed by atoms with Crippen molar-refractivity contribution in [2.24, 2.45) is 0 Å². The number of carbonyl (C=O) groups is 1. The number of hydrogen-bond acceptors (Lipinski definition) is 3. The van der Waals surface area contributed by atoms with Crippen molar-refractivity contribution < 1.29 is 14.3 Å². The summed E-state index contributed by atoms with van der Waals surface area (Å²) in [5, 5.41) is 2.86. The summed E-state index contributed by atoms with van der Waals surface area (Å²) >= 11 is 0. The topological polar surface area (TPSA) is 47.6 Å². The van der Waals surface area contributed by atoms with Gasteiger partial charge in [0.2, 0.25) is 5.91 Å². The lowest BCUT2D eigenvalue weighted by molar-refractivity contribution is -0.184. The van der Waals surface area contributed by atoms with Crippen LogP contribution in [0.5, 0.6) is 0 Å². The molecular weight excluding hydrogens is 170 g/mol. The molecule has 0 aliphatic carbocycles. The minimum Gasteiger partial charge on any atom is -0.356 e. The molecule has 1 aliphatic rings. The van der Waals surface area contributed by atoms with Crippen molar-refractivity contribution in [3.63, 3.8) is 0 Å². The predicted molar refractivity (Wildman–Crippen MR) is 48.2 cm³/mol. The first-order valence-corrected chi connectivity index (χ1v) is 4.59. The molecule has 0 bridgehead atoms. The van der Waals surface area contributed by atoms with E-state index in [0.717, 1.165) is 12.8 Å². The SMILES string of the molecule is CO[C@@H]1CC[C@@H](NC(C)=O)C(C)O1. The van der Waals surface area contributed by atoms with E-state index < -0.39 is 0 Å². The van der Waals surface area contributed by atoms with Crippen LogP contribution in [-0.4, -0.2) is 31.5 Å². The second-order valence-corrected chi connectivity index (χ2v) is 3.39. The smallest absolute Gasteiger partial charge is 0.217 e. The molecule has 0 aromatic carbocycles. The highest BCUT2D eigenvalue weighted by Crippen LogP contribution is 2.19. The van der Waals surface area contributed by atoms with E-state index in [4.69, 9.17) is 9.47 Å². The zero-order chi connectivity index (χ0) is 9.84. The Morgan fingerprint density at radius 2 is 2.23 bits per heavy atom. The Hall–Kier alpha value is -0.610. The van der Waals surface area contributed by atoms with Crippen LogP contribution in [0.3, 0.4) is 0 Å². The van der Waals surface area contributed by atoms with Crippen LogP contribution >= 0.6 is 0 Å². The zero-order valence-electron chi connectivity index (χ0n) is 8.37. The number of ether oxygens (including phenoxy) is 2. The van der Waals surface area contributed by atoms with E-state index >= 15 is 0 Å². The van der Waals surface area contributed by atoms with Crippen LogP contribution in [-0.2, 0) is 14.3 Å². The molecular formula is C9H17NO3. The summed E-state index contributed by atoms with van der Waals surface area (Å²) < 4.78 is 10.6. The molecule has 0 radical (unpaired) electrons. The van der Waals surface area contributed by atoms with Gasteiger partial charge in [0.15, 0.2) is 6.29 Å². The molecule has 1 amide bonds. The molecule has 3 atom stereocenters. The molecule has 1 heterocycles. The van der Waals surface area contributed by atoms with Crippen molar-refractivity contribution in [2.45, 2.75) is 45.1 Å². The minimum absolute atomic E-state index is 0.00341. The number of amides is 1. The third-order valence-electron chi connectivity index (χ3n) is 2.30. The van der Waals surface area contributed by atoms with Gasteiger partial charge >= 0.3 is 0 Å². The summed E-state index contributed by atoms with van der Waals surface area (Å²) in [6, 6.07) is 0.129. The standard InChI is InChI=1S/C9H17NO3/c1-6-8(10-7(2)11)4-5-9(12-3)13-6/h6,8-9H,4-5H2,1-3H3,(H,10,11)/t6?,8-,9+/m1/s1. The van der Waals surface area contributed by atoms with Crippen molar-refractivity contribution in [2.75, 3.05) is 7.11 Å². The van der Waals surface area contributed by atoms with E-state index in [1.807, 2.05) is 6.92 Å². The van der Waals surface area contributed by atoms with Gasteiger partial charge in [0.25, 0.3) is 0 Å². The van der Waals surface area contributed by atoms with Crippen LogP contribution in [0.15, 0.2) is 0 Å². The fourth-order valence-electron chi connectivity index (χ4n) is 1.58. The molecule has 0 spiro atoms. The second-order valence-electron chi connectivity index (χ2n) is 3.39. The zero-order valence-corrected chi connectivity index (χ0v) is 8.37. The first kappa shape index (κ1) is 10.5. The van der Waals surface area contributed by atoms with Gasteiger partial charge in [0.1, 0.15) is 0 Å². The van der Waals surface area contributed by atoms with Gasteiger partial charge in [-0.2, -0.15) is 0 Å². The molecule has 1 N–H and O–H groups in total. The Bertz CT molecular complexity index is 184. The van der Waals surface area contributed by atoms with E-state index in [9.17, 15) is 4.79 Å². The Morgan fingerprint density at radius 1 is 1.54 bits per heavy atom. The summed E-state index contributed by atoms with van der Waals surface area (Å²) in [5.74, 6) is -0.00341. The third kappa shape index (κ3) is 2.97. The van der Waals surface area contributed by atoms with E-state index in [2.05, 4.69) is 5.32 Å². The Kier molecular flexibility index (Phi) is 3.69. The van der Waals surface area contributed by atoms with Gasteiger partial charge in [-0.15, -0.1) is 0 Å². The maximum Gasteiger partial charge on any atom is 0.217 e. The van der Waals surface area contributed by atoms with Crippen LogP contribution in [0, 0.1) is 0 Å². The Labute approximate surface area is 78.6 Å². The van der Waals surface area contributed by atoms with E-state index in [1.165, 1.54) is 6.92 Å². The van der Waals surface area contributed by atoms with Crippen LogP contribution in [0.25, 0.3) is 0 Å². The number of methoxy groups -OCH3 is 1. The number of nitrogens with one attached hydrogen (secondary N) is 1. The lowest BCUT2D eigenvalue weighted by atomic mass is 10.0. The predicted octanol–water partition coefficient (Wildman–Crippen LogP) is 0.663. The molecule has 1 rings (SSSR count). The molecule has 0 aromatic heterocycles. The molecule has 1 unspecified atom stereocenters. The number of rotatable bonds is 2. The van der Waals surface area contributed by atoms with Gasteiger partial charge < -0.3 is 14.8 Å². The van der Waals surface area contributed by atoms with E-state index in [-0.39, 0.29) is 24.3 Å². The third-order valence-corrected chi connectivity index (χ3v) is 2.30. The van der Waals surface area contributed by atoms with Crippen molar-refractivity contribution in [1.82, 2.24) is 5.32 Å². The van der Waals surface area contributed by atoms with Crippen LogP contribution < -0.4 is 5.32 Å². The Balaban J connectivity index is 2.39. The Morgan fingerprint density at radius 3 is 2.69 bits per heavy atom. The van der Waals surface area contributed by atoms with Crippen molar-refractivity contribution in [3.05, 3.63) is 0 Å². The highest BCUT2D eigenvalue weighted by atomic mass is 16.7. The maximum absolute atomic E-state index is 10.8. The first-order chi connectivity index (χ1) is 6.13. The van der Waals surface area contributed by atoms with Gasteiger partial charge in [0, 0.05) is 20.5 Å². The highest BCUT2D eigenvalue weighted by Gasteiger charge is 2.28. The molecule has 1 fully saturated rings. The van der Waals surface area contributed by atoms with Gasteiger partial charge in [-0.25, -0.2) is 0 Å². The maximum atomic E-state index is 10.8. The first-order valence-electron chi connectivity index (χ1n) is 4.59. The average Bonchev–Trinajstić information content (AvgIpc) is 2.08. The molecule has 13 heavy (non-hydrogen) atoms. The molecule has 1 saturated heterocycles. The average molecular weight is 187 g/mol. The van der Waals surface area contributed by atoms with Crippen molar-refractivity contribution in [1.29, 1.82) is 0 Å². The number of carbonyl (C=O) groups excluding carboxylic acids is 1. The monoisotopic (exact) mass is 187 g/mol. The molecule has 0 aromatic rings. The molecule has 1 aliphatic heterocycles. The lowest BCUT2D eigenvalue weighted by Crippen LogP contribution is -2.47. The van der Waals surface area contributed by atoms with Crippen LogP contribution in [0.2, 0.25) is 0 Å². The van der Waals surface area contributed by atoms with Crippen molar-refractivity contribution in [3.8, 4) is 0 Å². The van der Waals surface area contributed by atoms with Gasteiger partial charge in [-0.1, -0.05) is 0 Å². The van der Waals surface area contributed by atoms with E-state index in [0.29, 0.717) is 0 Å². The summed E-state index contributed by atoms with van der Waals surface area (Å²) in [5.41, 5.74) is 0. The fraction of sp³-hybridized carbons (Fsp3) is 0.889. The quantitative estimate of drug-likeness (QED) is 0.691. The fourth-order valence-corrected chi connectivity index (χ4v) is 1.58. The minimum atomic E-state index is -0.111. The molecule has 4 nitrogen and oxygen atoms in total. The summed E-state index contributed by atoms with van der Waals surface area (Å²) in [4.78, 5) is 10.8. The second kappa shape index (κ2) is 4.58. The van der Waals surface area contributed by atoms with Crippen molar-refractivity contribution >= 4 is 5.91 Å². The van der Waals surface area contributed by atoms with Gasteiger partial charge in [0.05, 0.1) is 12.1 Å².